The predicted molar refractivity (Wildman–Crippen MR) is 55.3 cm³/mol. The lowest BCUT2D eigenvalue weighted by atomic mass is 9.70. The quantitative estimate of drug-likeness (QED) is 0.435. The highest BCUT2D eigenvalue weighted by Gasteiger charge is 2.34. The molecule has 0 bridgehead atoms. The van der Waals surface area contributed by atoms with Crippen LogP contribution in [0.5, 0.6) is 0 Å². The third-order valence-electron chi connectivity index (χ3n) is 3.38. The summed E-state index contributed by atoms with van der Waals surface area (Å²) in [5.74, 6) is -0.158. The van der Waals surface area contributed by atoms with Gasteiger partial charge in [0.25, 0.3) is 0 Å². The Morgan fingerprint density at radius 2 is 2.00 bits per heavy atom. The zero-order valence-electron chi connectivity index (χ0n) is 9.33. The minimum atomic E-state index is -0.158. The third-order valence-corrected chi connectivity index (χ3v) is 3.38. The monoisotopic (exact) mass is 216 g/mol. The third kappa shape index (κ3) is 3.80. The summed E-state index contributed by atoms with van der Waals surface area (Å²) in [5.41, 5.74) is -0.00588. The fourth-order valence-corrected chi connectivity index (χ4v) is 2.46. The van der Waals surface area contributed by atoms with E-state index in [2.05, 4.69) is 4.89 Å². The van der Waals surface area contributed by atoms with Crippen LogP contribution in [0.2, 0.25) is 0 Å². The normalized spacial score (nSPS) is 19.9. The van der Waals surface area contributed by atoms with Crippen molar-refractivity contribution < 1.29 is 19.7 Å². The smallest absolute Gasteiger partial charge is 0.306 e. The van der Waals surface area contributed by atoms with Crippen molar-refractivity contribution in [3.63, 3.8) is 0 Å². The highest BCUT2D eigenvalue weighted by Crippen LogP contribution is 2.42. The molecule has 4 nitrogen and oxygen atoms in total. The van der Waals surface area contributed by atoms with Crippen LogP contribution in [0.4, 0.5) is 0 Å². The van der Waals surface area contributed by atoms with Crippen molar-refractivity contribution in [2.75, 3.05) is 13.7 Å². The standard InChI is InChI=1S/C11H20O4/c1-14-10(12)9-11(7-8-15-13)5-3-2-4-6-11/h13H,2-9H2,1H3. The van der Waals surface area contributed by atoms with E-state index < -0.39 is 0 Å². The molecule has 88 valence electrons. The summed E-state index contributed by atoms with van der Waals surface area (Å²) in [7, 11) is 1.42. The van der Waals surface area contributed by atoms with Crippen molar-refractivity contribution in [2.24, 2.45) is 5.41 Å². The van der Waals surface area contributed by atoms with Gasteiger partial charge in [-0.1, -0.05) is 19.3 Å². The lowest BCUT2D eigenvalue weighted by molar-refractivity contribution is -0.247. The first-order valence-electron chi connectivity index (χ1n) is 5.56. The molecule has 15 heavy (non-hydrogen) atoms. The van der Waals surface area contributed by atoms with Gasteiger partial charge in [0, 0.05) is 0 Å². The predicted octanol–water partition coefficient (Wildman–Crippen LogP) is 2.38. The summed E-state index contributed by atoms with van der Waals surface area (Å²) in [5, 5.41) is 8.39. The van der Waals surface area contributed by atoms with Crippen LogP contribution in [0.3, 0.4) is 0 Å². The number of hydrogen-bond acceptors (Lipinski definition) is 4. The second kappa shape index (κ2) is 6.08. The summed E-state index contributed by atoms with van der Waals surface area (Å²) in [6, 6.07) is 0. The van der Waals surface area contributed by atoms with Gasteiger partial charge in [0.15, 0.2) is 0 Å². The SMILES string of the molecule is COC(=O)CC1(CCOO)CCCCC1. The molecule has 0 spiro atoms. The first kappa shape index (κ1) is 12.5. The number of hydrogen-bond donors (Lipinski definition) is 1. The van der Waals surface area contributed by atoms with Crippen LogP contribution in [0.25, 0.3) is 0 Å². The molecule has 0 unspecified atom stereocenters. The average molecular weight is 216 g/mol. The van der Waals surface area contributed by atoms with E-state index in [1.807, 2.05) is 0 Å². The molecule has 0 atom stereocenters. The Morgan fingerprint density at radius 3 is 2.53 bits per heavy atom. The summed E-state index contributed by atoms with van der Waals surface area (Å²) in [6.45, 7) is 0.303. The number of methoxy groups -OCH3 is 1. The van der Waals surface area contributed by atoms with Crippen molar-refractivity contribution in [1.82, 2.24) is 0 Å². The molecule has 0 aromatic heterocycles. The van der Waals surface area contributed by atoms with Gasteiger partial charge in [-0.25, -0.2) is 4.89 Å². The molecule has 0 amide bonds. The number of esters is 1. The van der Waals surface area contributed by atoms with Crippen LogP contribution in [0.15, 0.2) is 0 Å². The highest BCUT2D eigenvalue weighted by atomic mass is 17.1. The molecule has 1 fully saturated rings. The molecule has 1 aliphatic rings. The number of rotatable bonds is 5. The fraction of sp³-hybridized carbons (Fsp3) is 0.909. The van der Waals surface area contributed by atoms with Crippen molar-refractivity contribution >= 4 is 5.97 Å². The van der Waals surface area contributed by atoms with Gasteiger partial charge in [-0.05, 0) is 24.7 Å². The van der Waals surface area contributed by atoms with Crippen LogP contribution in [0, 0.1) is 5.41 Å². The van der Waals surface area contributed by atoms with Crippen LogP contribution < -0.4 is 0 Å². The van der Waals surface area contributed by atoms with Crippen LogP contribution in [-0.2, 0) is 14.4 Å². The highest BCUT2D eigenvalue weighted by molar-refractivity contribution is 5.70. The second-order valence-electron chi connectivity index (χ2n) is 4.40. The minimum Gasteiger partial charge on any atom is -0.469 e. The molecule has 0 aromatic carbocycles. The van der Waals surface area contributed by atoms with Gasteiger partial charge in [0.05, 0.1) is 20.1 Å². The zero-order valence-corrected chi connectivity index (χ0v) is 9.33. The Labute approximate surface area is 90.5 Å². The number of carbonyl (C=O) groups is 1. The maximum atomic E-state index is 11.3. The van der Waals surface area contributed by atoms with Crippen molar-refractivity contribution in [2.45, 2.75) is 44.9 Å². The maximum absolute atomic E-state index is 11.3. The molecule has 1 saturated carbocycles. The second-order valence-corrected chi connectivity index (χ2v) is 4.40. The van der Waals surface area contributed by atoms with E-state index in [-0.39, 0.29) is 11.4 Å². The molecule has 4 heteroatoms. The van der Waals surface area contributed by atoms with Gasteiger partial charge in [-0.15, -0.1) is 0 Å². The van der Waals surface area contributed by atoms with Crippen LogP contribution in [-0.4, -0.2) is 24.9 Å². The van der Waals surface area contributed by atoms with E-state index in [0.717, 1.165) is 32.1 Å². The van der Waals surface area contributed by atoms with E-state index in [0.29, 0.717) is 13.0 Å². The molecule has 1 aliphatic carbocycles. The Morgan fingerprint density at radius 1 is 1.33 bits per heavy atom. The van der Waals surface area contributed by atoms with Crippen LogP contribution in [0.1, 0.15) is 44.9 Å². The first-order chi connectivity index (χ1) is 7.22. The van der Waals surface area contributed by atoms with E-state index in [1.54, 1.807) is 0 Å². The molecular formula is C11H20O4. The minimum absolute atomic E-state index is 0.00588. The largest absolute Gasteiger partial charge is 0.469 e. The summed E-state index contributed by atoms with van der Waals surface area (Å²) in [6.07, 6.45) is 6.80. The molecule has 0 aromatic rings. The van der Waals surface area contributed by atoms with E-state index in [1.165, 1.54) is 13.5 Å². The van der Waals surface area contributed by atoms with Gasteiger partial charge in [-0.3, -0.25) is 10.1 Å². The zero-order chi connectivity index (χ0) is 11.1. The molecule has 0 aliphatic heterocycles. The van der Waals surface area contributed by atoms with Gasteiger partial charge < -0.3 is 4.74 Å². The van der Waals surface area contributed by atoms with Crippen molar-refractivity contribution in [3.05, 3.63) is 0 Å². The Balaban J connectivity index is 2.53. The van der Waals surface area contributed by atoms with E-state index in [4.69, 9.17) is 9.99 Å². The summed E-state index contributed by atoms with van der Waals surface area (Å²) < 4.78 is 4.72. The molecule has 0 saturated heterocycles. The topological polar surface area (TPSA) is 55.8 Å². The Kier molecular flexibility index (Phi) is 5.05. The molecular weight excluding hydrogens is 196 g/mol. The van der Waals surface area contributed by atoms with Gasteiger partial charge >= 0.3 is 5.97 Å². The van der Waals surface area contributed by atoms with Crippen molar-refractivity contribution in [1.29, 1.82) is 0 Å². The Bertz CT molecular complexity index is 197. The molecule has 1 rings (SSSR count). The van der Waals surface area contributed by atoms with Gasteiger partial charge in [0.2, 0.25) is 0 Å². The van der Waals surface area contributed by atoms with E-state index >= 15 is 0 Å². The summed E-state index contributed by atoms with van der Waals surface area (Å²) >= 11 is 0. The lowest BCUT2D eigenvalue weighted by Crippen LogP contribution is -2.29. The van der Waals surface area contributed by atoms with Gasteiger partial charge in [0.1, 0.15) is 0 Å². The lowest BCUT2D eigenvalue weighted by Gasteiger charge is -2.36. The fourth-order valence-electron chi connectivity index (χ4n) is 2.46. The maximum Gasteiger partial charge on any atom is 0.306 e. The van der Waals surface area contributed by atoms with Crippen LogP contribution >= 0.6 is 0 Å². The Hall–Kier alpha value is -0.610. The molecule has 0 radical (unpaired) electrons. The molecule has 0 heterocycles. The number of ether oxygens (including phenoxy) is 1. The summed E-state index contributed by atoms with van der Waals surface area (Å²) in [4.78, 5) is 15.5. The van der Waals surface area contributed by atoms with Gasteiger partial charge in [-0.2, -0.15) is 0 Å². The van der Waals surface area contributed by atoms with E-state index in [9.17, 15) is 4.79 Å². The average Bonchev–Trinajstić information content (AvgIpc) is 2.27. The van der Waals surface area contributed by atoms with Crippen molar-refractivity contribution in [3.8, 4) is 0 Å². The molecule has 1 N–H and O–H groups in total. The number of carbonyl (C=O) groups excluding carboxylic acids is 1. The first-order valence-corrected chi connectivity index (χ1v) is 5.56.